The molecule has 1 N–H and O–H groups in total. The fourth-order valence-electron chi connectivity index (χ4n) is 3.43. The van der Waals surface area contributed by atoms with Crippen LogP contribution in [0.15, 0.2) is 16.3 Å². The molecule has 2 fully saturated rings. The number of alkyl carbamates (subject to hydrolysis) is 1. The van der Waals surface area contributed by atoms with Crippen LogP contribution in [-0.4, -0.2) is 79.0 Å². The van der Waals surface area contributed by atoms with Crippen molar-refractivity contribution >= 4 is 45.1 Å². The quantitative estimate of drug-likeness (QED) is 0.719. The lowest BCUT2D eigenvalue weighted by Gasteiger charge is -2.33. The molecular weight excluding hydrogens is 446 g/mol. The number of rotatable bonds is 4. The lowest BCUT2D eigenvalue weighted by molar-refractivity contribution is 0.0473. The minimum atomic E-state index is -3.67. The number of carbonyl (C=O) groups excluding carboxylic acids is 2. The van der Waals surface area contributed by atoms with E-state index < -0.39 is 21.7 Å². The van der Waals surface area contributed by atoms with Crippen molar-refractivity contribution in [1.82, 2.24) is 14.5 Å². The molecule has 0 aromatic carbocycles. The molecule has 2 aliphatic rings. The minimum Gasteiger partial charge on any atom is -0.444 e. The number of piperidine rings is 1. The molecule has 168 valence electrons. The van der Waals surface area contributed by atoms with Gasteiger partial charge in [-0.25, -0.2) is 13.2 Å². The highest BCUT2D eigenvalue weighted by Gasteiger charge is 2.34. The van der Waals surface area contributed by atoms with Crippen molar-refractivity contribution in [2.24, 2.45) is 0 Å². The summed E-state index contributed by atoms with van der Waals surface area (Å²) in [5.41, 5.74) is -0.561. The molecule has 0 unspecified atom stereocenters. The Morgan fingerprint density at radius 2 is 1.77 bits per heavy atom. The number of sulfonamides is 1. The van der Waals surface area contributed by atoms with Gasteiger partial charge in [0.1, 0.15) is 15.4 Å². The van der Waals surface area contributed by atoms with Crippen molar-refractivity contribution in [2.45, 2.75) is 50.2 Å². The molecule has 0 spiro atoms. The maximum absolute atomic E-state index is 13.1. The third-order valence-corrected chi connectivity index (χ3v) is 8.83. The first-order valence-electron chi connectivity index (χ1n) is 10.0. The number of nitrogens with zero attached hydrogens (tertiary/aromatic N) is 2. The molecule has 8 nitrogen and oxygen atoms in total. The zero-order valence-electron chi connectivity index (χ0n) is 17.5. The minimum absolute atomic E-state index is 0.0683. The van der Waals surface area contributed by atoms with E-state index in [0.717, 1.165) is 11.5 Å². The molecule has 2 amide bonds. The summed E-state index contributed by atoms with van der Waals surface area (Å²) in [5.74, 6) is 1.28. The van der Waals surface area contributed by atoms with Gasteiger partial charge in [0.25, 0.3) is 5.91 Å². The number of hydrogen-bond acceptors (Lipinski definition) is 7. The smallest absolute Gasteiger partial charge is 0.407 e. The lowest BCUT2D eigenvalue weighted by atomic mass is 10.1. The SMILES string of the molecule is CC(C)(C)OC(=O)NC1CCN(C(=O)c2sccc2S(=O)(=O)N2CCSCC2)CC1. The van der Waals surface area contributed by atoms with Gasteiger partial charge in [0.2, 0.25) is 10.0 Å². The predicted octanol–water partition coefficient (Wildman–Crippen LogP) is 2.61. The summed E-state index contributed by atoms with van der Waals surface area (Å²) in [4.78, 5) is 27.1. The zero-order valence-corrected chi connectivity index (χ0v) is 20.0. The van der Waals surface area contributed by atoms with E-state index in [1.807, 2.05) is 20.8 Å². The summed E-state index contributed by atoms with van der Waals surface area (Å²) < 4.78 is 32.8. The Hall–Kier alpha value is -1.30. The molecule has 1 aromatic heterocycles. The molecule has 2 saturated heterocycles. The van der Waals surface area contributed by atoms with Crippen LogP contribution in [0.1, 0.15) is 43.3 Å². The normalized spacial score (nSPS) is 19.5. The highest BCUT2D eigenvalue weighted by molar-refractivity contribution is 7.99. The first kappa shape index (κ1) is 23.4. The van der Waals surface area contributed by atoms with E-state index in [1.54, 1.807) is 22.0 Å². The molecule has 0 aliphatic carbocycles. The summed E-state index contributed by atoms with van der Waals surface area (Å²) in [6.07, 6.45) is 0.738. The number of amides is 2. The van der Waals surface area contributed by atoms with Crippen LogP contribution in [0.2, 0.25) is 0 Å². The van der Waals surface area contributed by atoms with Crippen LogP contribution in [0.4, 0.5) is 4.79 Å². The fourth-order valence-corrected chi connectivity index (χ4v) is 7.37. The fraction of sp³-hybridized carbons (Fsp3) is 0.684. The van der Waals surface area contributed by atoms with Gasteiger partial charge in [0.15, 0.2) is 0 Å². The number of likely N-dealkylation sites (tertiary alicyclic amines) is 1. The van der Waals surface area contributed by atoms with Crippen molar-refractivity contribution in [2.75, 3.05) is 37.7 Å². The van der Waals surface area contributed by atoms with Gasteiger partial charge in [-0.3, -0.25) is 4.79 Å². The second kappa shape index (κ2) is 9.46. The number of thioether (sulfide) groups is 1. The van der Waals surface area contributed by atoms with Gasteiger partial charge < -0.3 is 15.0 Å². The molecule has 1 aromatic rings. The molecule has 0 atom stereocenters. The maximum atomic E-state index is 13.1. The Labute approximate surface area is 186 Å². The van der Waals surface area contributed by atoms with Gasteiger partial charge in [-0.1, -0.05) is 0 Å². The monoisotopic (exact) mass is 475 g/mol. The first-order valence-corrected chi connectivity index (χ1v) is 13.5. The van der Waals surface area contributed by atoms with E-state index >= 15 is 0 Å². The molecule has 2 aliphatic heterocycles. The van der Waals surface area contributed by atoms with Crippen LogP contribution >= 0.6 is 23.1 Å². The maximum Gasteiger partial charge on any atom is 0.407 e. The van der Waals surface area contributed by atoms with Crippen LogP contribution in [0, 0.1) is 0 Å². The zero-order chi connectivity index (χ0) is 21.9. The van der Waals surface area contributed by atoms with Gasteiger partial charge in [0.05, 0.1) is 0 Å². The number of nitrogens with one attached hydrogen (secondary N) is 1. The van der Waals surface area contributed by atoms with Crippen molar-refractivity contribution < 1.29 is 22.7 Å². The Balaban J connectivity index is 1.61. The van der Waals surface area contributed by atoms with Crippen molar-refractivity contribution in [1.29, 1.82) is 0 Å². The number of thiophene rings is 1. The highest BCUT2D eigenvalue weighted by Crippen LogP contribution is 2.29. The Kier molecular flexibility index (Phi) is 7.36. The van der Waals surface area contributed by atoms with Gasteiger partial charge in [-0.2, -0.15) is 16.1 Å². The Morgan fingerprint density at radius 3 is 2.37 bits per heavy atom. The van der Waals surface area contributed by atoms with Gasteiger partial charge in [0, 0.05) is 43.7 Å². The topological polar surface area (TPSA) is 96.0 Å². The van der Waals surface area contributed by atoms with E-state index in [-0.39, 0.29) is 21.7 Å². The molecular formula is C19H29N3O5S3. The Bertz CT molecular complexity index is 864. The van der Waals surface area contributed by atoms with Crippen molar-refractivity contribution in [3.05, 3.63) is 16.3 Å². The van der Waals surface area contributed by atoms with Gasteiger partial charge in [-0.05, 0) is 45.1 Å². The molecule has 0 saturated carbocycles. The second-order valence-corrected chi connectivity index (χ2v) is 12.4. The molecule has 0 radical (unpaired) electrons. The average molecular weight is 476 g/mol. The van der Waals surface area contributed by atoms with Gasteiger partial charge >= 0.3 is 6.09 Å². The van der Waals surface area contributed by atoms with Crippen LogP contribution < -0.4 is 5.32 Å². The number of hydrogen-bond donors (Lipinski definition) is 1. The van der Waals surface area contributed by atoms with Crippen LogP contribution in [0.3, 0.4) is 0 Å². The largest absolute Gasteiger partial charge is 0.444 e. The summed E-state index contributed by atoms with van der Waals surface area (Å²) in [6, 6.07) is 1.47. The molecule has 3 rings (SSSR count). The van der Waals surface area contributed by atoms with Crippen molar-refractivity contribution in [3.63, 3.8) is 0 Å². The third kappa shape index (κ3) is 5.68. The average Bonchev–Trinajstić information content (AvgIpc) is 3.18. The lowest BCUT2D eigenvalue weighted by Crippen LogP contribution is -2.47. The standard InChI is InChI=1S/C19H29N3O5S3/c1-19(2,3)27-18(24)20-14-4-7-21(8-5-14)17(23)16-15(6-11-29-16)30(25,26)22-9-12-28-13-10-22/h6,11,14H,4-5,7-10,12-13H2,1-3H3,(H,20,24). The van der Waals surface area contributed by atoms with Crippen LogP contribution in [-0.2, 0) is 14.8 Å². The molecule has 30 heavy (non-hydrogen) atoms. The predicted molar refractivity (Wildman–Crippen MR) is 119 cm³/mol. The highest BCUT2D eigenvalue weighted by atomic mass is 32.2. The van der Waals surface area contributed by atoms with E-state index in [0.29, 0.717) is 39.0 Å². The number of carbonyl (C=O) groups is 2. The molecule has 11 heteroatoms. The van der Waals surface area contributed by atoms with E-state index in [9.17, 15) is 18.0 Å². The third-order valence-electron chi connectivity index (χ3n) is 4.91. The summed E-state index contributed by atoms with van der Waals surface area (Å²) in [5, 5.41) is 4.51. The van der Waals surface area contributed by atoms with E-state index in [2.05, 4.69) is 5.32 Å². The van der Waals surface area contributed by atoms with Crippen molar-refractivity contribution in [3.8, 4) is 0 Å². The van der Waals surface area contributed by atoms with Crippen LogP contribution in [0.5, 0.6) is 0 Å². The van der Waals surface area contributed by atoms with Crippen LogP contribution in [0.25, 0.3) is 0 Å². The summed E-state index contributed by atoms with van der Waals surface area (Å²) in [6.45, 7) is 7.28. The summed E-state index contributed by atoms with van der Waals surface area (Å²) >= 11 is 2.90. The number of ether oxygens (including phenoxy) is 1. The molecule has 3 heterocycles. The Morgan fingerprint density at radius 1 is 1.13 bits per heavy atom. The van der Waals surface area contributed by atoms with E-state index in [1.165, 1.54) is 21.7 Å². The molecule has 0 bridgehead atoms. The first-order chi connectivity index (χ1) is 14.1. The van der Waals surface area contributed by atoms with Gasteiger partial charge in [-0.15, -0.1) is 11.3 Å². The second-order valence-electron chi connectivity index (χ2n) is 8.34. The summed E-state index contributed by atoms with van der Waals surface area (Å²) in [7, 11) is -3.67. The van der Waals surface area contributed by atoms with E-state index in [4.69, 9.17) is 4.74 Å².